The molecule has 0 amide bonds. The van der Waals surface area contributed by atoms with E-state index in [-0.39, 0.29) is 6.61 Å². The van der Waals surface area contributed by atoms with E-state index < -0.39 is 0 Å². The van der Waals surface area contributed by atoms with Crippen LogP contribution in [0.2, 0.25) is 0 Å². The Morgan fingerprint density at radius 1 is 1.54 bits per heavy atom. The van der Waals surface area contributed by atoms with Gasteiger partial charge in [-0.05, 0) is 18.8 Å². The van der Waals surface area contributed by atoms with E-state index in [1.54, 1.807) is 0 Å². The molecule has 1 fully saturated rings. The Kier molecular flexibility index (Phi) is 2.44. The second kappa shape index (κ2) is 3.74. The molecule has 0 unspecified atom stereocenters. The molecule has 1 saturated heterocycles. The first-order chi connectivity index (χ1) is 6.40. The van der Waals surface area contributed by atoms with E-state index in [1.165, 1.54) is 6.33 Å². The van der Waals surface area contributed by atoms with Gasteiger partial charge >= 0.3 is 6.01 Å². The Morgan fingerprint density at radius 3 is 2.85 bits per heavy atom. The number of hydrogen-bond acceptors (Lipinski definition) is 5. The van der Waals surface area contributed by atoms with E-state index in [4.69, 9.17) is 9.63 Å². The molecule has 0 atom stereocenters. The normalized spacial score (nSPS) is 19.3. The standard InChI is InChI=1S/C8H13N3O2/c12-5-7-1-3-11(4-2-7)8-9-6-10-13-8/h6-7,12H,1-5H2. The van der Waals surface area contributed by atoms with Gasteiger partial charge in [-0.3, -0.25) is 0 Å². The number of nitrogens with zero attached hydrogens (tertiary/aromatic N) is 3. The predicted octanol–water partition coefficient (Wildman–Crippen LogP) is 0.278. The summed E-state index contributed by atoms with van der Waals surface area (Å²) in [5.41, 5.74) is 0. The molecule has 0 radical (unpaired) electrons. The van der Waals surface area contributed by atoms with Gasteiger partial charge in [-0.15, -0.1) is 0 Å². The molecule has 1 aliphatic rings. The summed E-state index contributed by atoms with van der Waals surface area (Å²) in [6.45, 7) is 2.08. The molecule has 1 N–H and O–H groups in total. The fraction of sp³-hybridized carbons (Fsp3) is 0.750. The van der Waals surface area contributed by atoms with E-state index in [1.807, 2.05) is 0 Å². The Balaban J connectivity index is 1.92. The zero-order valence-electron chi connectivity index (χ0n) is 7.39. The molecular formula is C8H13N3O2. The zero-order valence-corrected chi connectivity index (χ0v) is 7.39. The summed E-state index contributed by atoms with van der Waals surface area (Å²) >= 11 is 0. The molecule has 0 bridgehead atoms. The fourth-order valence-electron chi connectivity index (χ4n) is 1.61. The van der Waals surface area contributed by atoms with E-state index >= 15 is 0 Å². The number of anilines is 1. The lowest BCUT2D eigenvalue weighted by molar-refractivity contribution is 0.200. The van der Waals surface area contributed by atoms with Gasteiger partial charge in [0, 0.05) is 19.7 Å². The van der Waals surface area contributed by atoms with E-state index in [0.29, 0.717) is 11.9 Å². The summed E-state index contributed by atoms with van der Waals surface area (Å²) in [6, 6.07) is 0.594. The third kappa shape index (κ3) is 1.80. The molecule has 0 aromatic carbocycles. The maximum Gasteiger partial charge on any atom is 0.323 e. The summed E-state index contributed by atoms with van der Waals surface area (Å²) in [4.78, 5) is 6.03. The Hall–Kier alpha value is -1.10. The maximum absolute atomic E-state index is 8.94. The highest BCUT2D eigenvalue weighted by molar-refractivity contribution is 5.23. The SMILES string of the molecule is OCC1CCN(c2ncno2)CC1. The molecule has 1 aromatic rings. The van der Waals surface area contributed by atoms with Crippen molar-refractivity contribution in [1.29, 1.82) is 0 Å². The summed E-state index contributed by atoms with van der Waals surface area (Å²) in [7, 11) is 0. The highest BCUT2D eigenvalue weighted by Crippen LogP contribution is 2.20. The average molecular weight is 183 g/mol. The van der Waals surface area contributed by atoms with Crippen molar-refractivity contribution >= 4 is 6.01 Å². The van der Waals surface area contributed by atoms with Crippen molar-refractivity contribution in [2.75, 3.05) is 24.6 Å². The second-order valence-corrected chi connectivity index (χ2v) is 3.34. The minimum atomic E-state index is 0.289. The molecule has 13 heavy (non-hydrogen) atoms. The van der Waals surface area contributed by atoms with Crippen molar-refractivity contribution in [2.24, 2.45) is 5.92 Å². The van der Waals surface area contributed by atoms with Crippen molar-refractivity contribution in [3.8, 4) is 0 Å². The van der Waals surface area contributed by atoms with Crippen molar-refractivity contribution < 1.29 is 9.63 Å². The van der Waals surface area contributed by atoms with Crippen LogP contribution in [-0.2, 0) is 0 Å². The van der Waals surface area contributed by atoms with Gasteiger partial charge in [0.2, 0.25) is 0 Å². The van der Waals surface area contributed by atoms with Crippen LogP contribution < -0.4 is 4.90 Å². The number of piperidine rings is 1. The Labute approximate surface area is 76.4 Å². The number of aliphatic hydroxyl groups is 1. The molecule has 2 rings (SSSR count). The smallest absolute Gasteiger partial charge is 0.323 e. The largest absolute Gasteiger partial charge is 0.396 e. The van der Waals surface area contributed by atoms with Crippen molar-refractivity contribution in [3.05, 3.63) is 6.33 Å². The number of rotatable bonds is 2. The monoisotopic (exact) mass is 183 g/mol. The lowest BCUT2D eigenvalue weighted by atomic mass is 9.98. The highest BCUT2D eigenvalue weighted by Gasteiger charge is 2.21. The molecule has 1 aliphatic heterocycles. The fourth-order valence-corrected chi connectivity index (χ4v) is 1.61. The minimum Gasteiger partial charge on any atom is -0.396 e. The highest BCUT2D eigenvalue weighted by atomic mass is 16.5. The minimum absolute atomic E-state index is 0.289. The van der Waals surface area contributed by atoms with Crippen molar-refractivity contribution in [2.45, 2.75) is 12.8 Å². The third-order valence-electron chi connectivity index (χ3n) is 2.49. The van der Waals surface area contributed by atoms with E-state index in [2.05, 4.69) is 15.0 Å². The van der Waals surface area contributed by atoms with Crippen molar-refractivity contribution in [3.63, 3.8) is 0 Å². The second-order valence-electron chi connectivity index (χ2n) is 3.34. The predicted molar refractivity (Wildman–Crippen MR) is 46.3 cm³/mol. The molecule has 72 valence electrons. The van der Waals surface area contributed by atoms with E-state index in [0.717, 1.165) is 25.9 Å². The molecule has 5 nitrogen and oxygen atoms in total. The molecule has 2 heterocycles. The first kappa shape index (κ1) is 8.50. The Bertz CT molecular complexity index is 242. The number of aromatic nitrogens is 2. The first-order valence-corrected chi connectivity index (χ1v) is 4.52. The average Bonchev–Trinajstić information content (AvgIpc) is 2.71. The topological polar surface area (TPSA) is 62.4 Å². The lowest BCUT2D eigenvalue weighted by Gasteiger charge is -2.29. The van der Waals surface area contributed by atoms with Gasteiger partial charge in [0.15, 0.2) is 6.33 Å². The molecule has 1 aromatic heterocycles. The van der Waals surface area contributed by atoms with E-state index in [9.17, 15) is 0 Å². The van der Waals surface area contributed by atoms with Crippen LogP contribution in [0, 0.1) is 5.92 Å². The van der Waals surface area contributed by atoms with Gasteiger partial charge in [0.25, 0.3) is 0 Å². The first-order valence-electron chi connectivity index (χ1n) is 4.52. The maximum atomic E-state index is 8.94. The third-order valence-corrected chi connectivity index (χ3v) is 2.49. The van der Waals surface area contributed by atoms with Gasteiger partial charge in [-0.1, -0.05) is 5.16 Å². The summed E-state index contributed by atoms with van der Waals surface area (Å²) in [5, 5.41) is 12.5. The molecule has 0 saturated carbocycles. The van der Waals surface area contributed by atoms with Gasteiger partial charge in [0.05, 0.1) is 0 Å². The molecule has 0 spiro atoms. The van der Waals surface area contributed by atoms with Crippen LogP contribution >= 0.6 is 0 Å². The zero-order chi connectivity index (χ0) is 9.10. The van der Waals surface area contributed by atoms with Gasteiger partial charge in [-0.25, -0.2) is 0 Å². The van der Waals surface area contributed by atoms with Gasteiger partial charge in [-0.2, -0.15) is 4.98 Å². The number of hydrogen-bond donors (Lipinski definition) is 1. The number of aliphatic hydroxyl groups excluding tert-OH is 1. The van der Waals surface area contributed by atoms with Crippen LogP contribution in [0.3, 0.4) is 0 Å². The van der Waals surface area contributed by atoms with Crippen molar-refractivity contribution in [1.82, 2.24) is 10.1 Å². The van der Waals surface area contributed by atoms with Crippen LogP contribution in [0.4, 0.5) is 6.01 Å². The van der Waals surface area contributed by atoms with Crippen LogP contribution in [0.5, 0.6) is 0 Å². The summed E-state index contributed by atoms with van der Waals surface area (Å²) < 4.78 is 4.94. The quantitative estimate of drug-likeness (QED) is 0.713. The van der Waals surface area contributed by atoms with Crippen LogP contribution in [0.1, 0.15) is 12.8 Å². The van der Waals surface area contributed by atoms with Crippen LogP contribution in [-0.4, -0.2) is 34.9 Å². The summed E-state index contributed by atoms with van der Waals surface area (Å²) in [5.74, 6) is 0.444. The van der Waals surface area contributed by atoms with Gasteiger partial charge < -0.3 is 14.5 Å². The molecule has 0 aliphatic carbocycles. The van der Waals surface area contributed by atoms with Crippen LogP contribution in [0.15, 0.2) is 10.9 Å². The summed E-state index contributed by atoms with van der Waals surface area (Å²) in [6.07, 6.45) is 3.41. The van der Waals surface area contributed by atoms with Gasteiger partial charge in [0.1, 0.15) is 0 Å². The molecule has 5 heteroatoms. The lowest BCUT2D eigenvalue weighted by Crippen LogP contribution is -2.34. The Morgan fingerprint density at radius 2 is 2.31 bits per heavy atom. The van der Waals surface area contributed by atoms with Crippen LogP contribution in [0.25, 0.3) is 0 Å². The molecular weight excluding hydrogens is 170 g/mol.